The molecule has 0 aliphatic rings. The van der Waals surface area contributed by atoms with Crippen LogP contribution in [0.1, 0.15) is 115 Å². The zero-order valence-electron chi connectivity index (χ0n) is 25.4. The summed E-state index contributed by atoms with van der Waals surface area (Å²) in [6.45, 7) is 22.2. The lowest BCUT2D eigenvalue weighted by atomic mass is 9.91. The van der Waals surface area contributed by atoms with Gasteiger partial charge >= 0.3 is 0 Å². The Morgan fingerprint density at radius 2 is 0.722 bits per heavy atom. The average Bonchev–Trinajstić information content (AvgIpc) is 2.77. The molecule has 0 bridgehead atoms. The standard InChI is InChI=1S/C32H50N4/c1-19(2)27-15-25(35(11)12)16-28(20(3)4)31(27)33-23(9)24(10)34-32-29(21(5)6)17-26(36(13)14)18-30(32)22(7)8/h15-22H,1-14H3. The van der Waals surface area contributed by atoms with Gasteiger partial charge in [0.25, 0.3) is 0 Å². The average molecular weight is 491 g/mol. The fourth-order valence-electron chi connectivity index (χ4n) is 4.36. The van der Waals surface area contributed by atoms with E-state index in [1.54, 1.807) is 0 Å². The topological polar surface area (TPSA) is 31.2 Å². The summed E-state index contributed by atoms with van der Waals surface area (Å²) in [5.41, 5.74) is 11.8. The molecule has 0 spiro atoms. The highest BCUT2D eigenvalue weighted by atomic mass is 15.1. The first-order chi connectivity index (χ1) is 16.6. The SMILES string of the molecule is CC(=Nc1c(C(C)C)cc(N(C)C)cc1C(C)C)C(C)=Nc1c(C(C)C)cc(N(C)C)cc1C(C)C. The smallest absolute Gasteiger partial charge is 0.0704 e. The summed E-state index contributed by atoms with van der Waals surface area (Å²) in [4.78, 5) is 14.9. The summed E-state index contributed by atoms with van der Waals surface area (Å²) in [5, 5.41) is 0. The van der Waals surface area contributed by atoms with E-state index in [4.69, 9.17) is 9.98 Å². The van der Waals surface area contributed by atoms with Crippen LogP contribution in [0, 0.1) is 0 Å². The molecule has 0 aliphatic heterocycles. The van der Waals surface area contributed by atoms with Crippen LogP contribution in [-0.2, 0) is 0 Å². The normalized spacial score (nSPS) is 12.9. The summed E-state index contributed by atoms with van der Waals surface area (Å²) in [6.07, 6.45) is 0. The predicted molar refractivity (Wildman–Crippen MR) is 163 cm³/mol. The molecule has 4 nitrogen and oxygen atoms in total. The van der Waals surface area contributed by atoms with E-state index in [9.17, 15) is 0 Å². The molecule has 2 aromatic carbocycles. The van der Waals surface area contributed by atoms with E-state index in [1.165, 1.54) is 33.6 Å². The van der Waals surface area contributed by atoms with Gasteiger partial charge in [-0.25, -0.2) is 0 Å². The van der Waals surface area contributed by atoms with Gasteiger partial charge in [-0.1, -0.05) is 55.4 Å². The first-order valence-corrected chi connectivity index (χ1v) is 13.5. The molecule has 0 saturated carbocycles. The number of rotatable bonds is 9. The second kappa shape index (κ2) is 12.1. The van der Waals surface area contributed by atoms with Gasteiger partial charge in [0.1, 0.15) is 0 Å². The van der Waals surface area contributed by atoms with E-state index in [1.807, 2.05) is 0 Å². The van der Waals surface area contributed by atoms with E-state index < -0.39 is 0 Å². The Bertz CT molecular complexity index is 967. The molecule has 0 atom stereocenters. The van der Waals surface area contributed by atoms with Gasteiger partial charge in [0, 0.05) is 39.6 Å². The van der Waals surface area contributed by atoms with Crippen molar-refractivity contribution in [2.24, 2.45) is 9.98 Å². The predicted octanol–water partition coefficient (Wildman–Crippen LogP) is 9.20. The highest BCUT2D eigenvalue weighted by molar-refractivity contribution is 6.41. The molecular weight excluding hydrogens is 440 g/mol. The molecule has 0 radical (unpaired) electrons. The Morgan fingerprint density at radius 1 is 0.500 bits per heavy atom. The Hall–Kier alpha value is -2.62. The third-order valence-electron chi connectivity index (χ3n) is 6.91. The molecular formula is C32H50N4. The third kappa shape index (κ3) is 6.78. The Morgan fingerprint density at radius 3 is 0.889 bits per heavy atom. The van der Waals surface area contributed by atoms with Crippen LogP contribution < -0.4 is 9.80 Å². The molecule has 0 N–H and O–H groups in total. The molecule has 4 heteroatoms. The van der Waals surface area contributed by atoms with Crippen molar-refractivity contribution in [3.05, 3.63) is 46.5 Å². The van der Waals surface area contributed by atoms with Crippen LogP contribution in [0.15, 0.2) is 34.3 Å². The van der Waals surface area contributed by atoms with Crippen molar-refractivity contribution in [3.8, 4) is 0 Å². The summed E-state index contributed by atoms with van der Waals surface area (Å²) in [7, 11) is 8.42. The first-order valence-electron chi connectivity index (χ1n) is 13.5. The van der Waals surface area contributed by atoms with Gasteiger partial charge in [0.2, 0.25) is 0 Å². The van der Waals surface area contributed by atoms with Crippen molar-refractivity contribution in [2.75, 3.05) is 38.0 Å². The fraction of sp³-hybridized carbons (Fsp3) is 0.562. The minimum Gasteiger partial charge on any atom is -0.378 e. The molecule has 0 aromatic heterocycles. The summed E-state index contributed by atoms with van der Waals surface area (Å²) >= 11 is 0. The number of aliphatic imine (C=N–C) groups is 2. The summed E-state index contributed by atoms with van der Waals surface area (Å²) in [6, 6.07) is 9.18. The summed E-state index contributed by atoms with van der Waals surface area (Å²) < 4.78 is 0. The van der Waals surface area contributed by atoms with Crippen LogP contribution >= 0.6 is 0 Å². The lowest BCUT2D eigenvalue weighted by Gasteiger charge is -2.23. The van der Waals surface area contributed by atoms with Crippen LogP contribution in [0.25, 0.3) is 0 Å². The Kier molecular flexibility index (Phi) is 9.93. The van der Waals surface area contributed by atoms with Crippen molar-refractivity contribution in [2.45, 2.75) is 92.9 Å². The molecule has 0 saturated heterocycles. The molecule has 198 valence electrons. The van der Waals surface area contributed by atoms with Gasteiger partial charge < -0.3 is 9.80 Å². The van der Waals surface area contributed by atoms with Gasteiger partial charge in [-0.05, 0) is 84.0 Å². The number of benzene rings is 2. The monoisotopic (exact) mass is 490 g/mol. The molecule has 0 heterocycles. The maximum atomic E-state index is 5.25. The van der Waals surface area contributed by atoms with E-state index in [-0.39, 0.29) is 0 Å². The number of hydrogen-bond acceptors (Lipinski definition) is 4. The second-order valence-corrected chi connectivity index (χ2v) is 11.7. The van der Waals surface area contributed by atoms with Crippen LogP contribution in [0.2, 0.25) is 0 Å². The van der Waals surface area contributed by atoms with Crippen molar-refractivity contribution >= 4 is 34.2 Å². The van der Waals surface area contributed by atoms with Crippen LogP contribution in [0.4, 0.5) is 22.7 Å². The lowest BCUT2D eigenvalue weighted by molar-refractivity contribution is 0.832. The van der Waals surface area contributed by atoms with Crippen molar-refractivity contribution in [3.63, 3.8) is 0 Å². The third-order valence-corrected chi connectivity index (χ3v) is 6.91. The minimum atomic E-state index is 0.379. The molecule has 0 amide bonds. The van der Waals surface area contributed by atoms with Crippen LogP contribution in [0.3, 0.4) is 0 Å². The van der Waals surface area contributed by atoms with E-state index in [0.717, 1.165) is 22.8 Å². The fourth-order valence-corrected chi connectivity index (χ4v) is 4.36. The number of nitrogens with zero attached hydrogens (tertiary/aromatic N) is 4. The molecule has 2 aromatic rings. The lowest BCUT2D eigenvalue weighted by Crippen LogP contribution is -2.12. The summed E-state index contributed by atoms with van der Waals surface area (Å²) in [5.74, 6) is 1.52. The van der Waals surface area contributed by atoms with Gasteiger partial charge in [-0.3, -0.25) is 9.98 Å². The van der Waals surface area contributed by atoms with Gasteiger partial charge in [0.05, 0.1) is 22.8 Å². The largest absolute Gasteiger partial charge is 0.378 e. The second-order valence-electron chi connectivity index (χ2n) is 11.7. The Labute approximate surface area is 221 Å². The maximum absolute atomic E-state index is 5.25. The first kappa shape index (κ1) is 29.6. The van der Waals surface area contributed by atoms with Gasteiger partial charge in [0.15, 0.2) is 0 Å². The molecule has 36 heavy (non-hydrogen) atoms. The van der Waals surface area contributed by atoms with E-state index in [0.29, 0.717) is 23.7 Å². The quantitative estimate of drug-likeness (QED) is 0.328. The molecule has 0 aliphatic carbocycles. The van der Waals surface area contributed by atoms with Crippen molar-refractivity contribution < 1.29 is 0 Å². The van der Waals surface area contributed by atoms with Gasteiger partial charge in [-0.15, -0.1) is 0 Å². The van der Waals surface area contributed by atoms with Crippen LogP contribution in [0.5, 0.6) is 0 Å². The van der Waals surface area contributed by atoms with Gasteiger partial charge in [-0.2, -0.15) is 0 Å². The van der Waals surface area contributed by atoms with Crippen LogP contribution in [-0.4, -0.2) is 39.6 Å². The highest BCUT2D eigenvalue weighted by Crippen LogP contribution is 2.40. The maximum Gasteiger partial charge on any atom is 0.0704 e. The number of anilines is 2. The van der Waals surface area contributed by atoms with Crippen molar-refractivity contribution in [1.29, 1.82) is 0 Å². The van der Waals surface area contributed by atoms with E-state index >= 15 is 0 Å². The zero-order valence-corrected chi connectivity index (χ0v) is 25.4. The molecule has 0 fully saturated rings. The molecule has 0 unspecified atom stereocenters. The zero-order chi connectivity index (χ0) is 27.5. The minimum absolute atomic E-state index is 0.379. The van der Waals surface area contributed by atoms with E-state index in [2.05, 4.69) is 131 Å². The van der Waals surface area contributed by atoms with Crippen molar-refractivity contribution in [1.82, 2.24) is 0 Å². The highest BCUT2D eigenvalue weighted by Gasteiger charge is 2.19. The molecule has 2 rings (SSSR count). The Balaban J connectivity index is 2.76. The number of hydrogen-bond donors (Lipinski definition) is 0.